The molecule has 4 heterocycles. The van der Waals surface area contributed by atoms with Gasteiger partial charge in [-0.05, 0) is 36.6 Å². The summed E-state index contributed by atoms with van der Waals surface area (Å²) in [5.41, 5.74) is 4.83. The number of pyridine rings is 1. The number of nitrogens with zero attached hydrogens (tertiary/aromatic N) is 4. The van der Waals surface area contributed by atoms with Gasteiger partial charge in [0.1, 0.15) is 0 Å². The molecule has 0 unspecified atom stereocenters. The second kappa shape index (κ2) is 7.33. The van der Waals surface area contributed by atoms with E-state index in [-0.39, 0.29) is 0 Å². The minimum atomic E-state index is 0.453. The maximum atomic E-state index is 5.87. The molecule has 0 amide bonds. The maximum Gasteiger partial charge on any atom is 0.0666 e. The van der Waals surface area contributed by atoms with Gasteiger partial charge in [-0.25, -0.2) is 0 Å². The Bertz CT molecular complexity index is 844. The lowest BCUT2D eigenvalue weighted by Crippen LogP contribution is -2.30. The monoisotopic (exact) mass is 336 g/mol. The Balaban J connectivity index is 1.47. The lowest BCUT2D eigenvalue weighted by Gasteiger charge is -2.23. The van der Waals surface area contributed by atoms with Gasteiger partial charge in [0.15, 0.2) is 0 Å². The van der Waals surface area contributed by atoms with E-state index in [4.69, 9.17) is 4.74 Å². The molecule has 3 aromatic heterocycles. The molecule has 4 rings (SSSR count). The van der Waals surface area contributed by atoms with Crippen molar-refractivity contribution in [3.05, 3.63) is 66.0 Å². The highest BCUT2D eigenvalue weighted by Gasteiger charge is 2.20. The third-order valence-corrected chi connectivity index (χ3v) is 4.77. The van der Waals surface area contributed by atoms with Crippen molar-refractivity contribution >= 4 is 5.52 Å². The van der Waals surface area contributed by atoms with E-state index < -0.39 is 0 Å². The molecule has 5 nitrogen and oxygen atoms in total. The molecule has 0 bridgehead atoms. The summed E-state index contributed by atoms with van der Waals surface area (Å²) in [5.74, 6) is 0.453. The van der Waals surface area contributed by atoms with Crippen molar-refractivity contribution in [3.8, 4) is 0 Å². The Hall–Kier alpha value is -2.24. The molecule has 0 N–H and O–H groups in total. The van der Waals surface area contributed by atoms with Crippen LogP contribution in [0.15, 0.2) is 49.2 Å². The predicted octanol–water partition coefficient (Wildman–Crippen LogP) is 2.73. The van der Waals surface area contributed by atoms with Crippen molar-refractivity contribution in [2.45, 2.75) is 19.9 Å². The van der Waals surface area contributed by atoms with E-state index in [2.05, 4.69) is 50.6 Å². The summed E-state index contributed by atoms with van der Waals surface area (Å²) in [6, 6.07) is 6.42. The number of fused-ring (bicyclic) bond motifs is 1. The third-order valence-electron chi connectivity index (χ3n) is 4.77. The lowest BCUT2D eigenvalue weighted by atomic mass is 10.0. The van der Waals surface area contributed by atoms with Crippen LogP contribution in [0.2, 0.25) is 0 Å². The summed E-state index contributed by atoms with van der Waals surface area (Å²) < 4.78 is 8.01. The summed E-state index contributed by atoms with van der Waals surface area (Å²) >= 11 is 0. The fourth-order valence-electron chi connectivity index (χ4n) is 3.64. The molecule has 25 heavy (non-hydrogen) atoms. The van der Waals surface area contributed by atoms with Crippen molar-refractivity contribution in [2.75, 3.05) is 26.3 Å². The van der Waals surface area contributed by atoms with Gasteiger partial charge in [0.05, 0.1) is 24.4 Å². The zero-order chi connectivity index (χ0) is 17.1. The maximum absolute atomic E-state index is 5.87. The van der Waals surface area contributed by atoms with Crippen LogP contribution in [-0.2, 0) is 17.7 Å². The van der Waals surface area contributed by atoms with Gasteiger partial charge < -0.3 is 9.14 Å². The second-order valence-electron chi connectivity index (χ2n) is 6.93. The third kappa shape index (κ3) is 3.89. The van der Waals surface area contributed by atoms with Gasteiger partial charge in [0.2, 0.25) is 0 Å². The number of rotatable bonds is 4. The average molecular weight is 336 g/mol. The smallest absolute Gasteiger partial charge is 0.0666 e. The Kier molecular flexibility index (Phi) is 4.76. The number of aromatic nitrogens is 3. The Morgan fingerprint density at radius 2 is 2.24 bits per heavy atom. The van der Waals surface area contributed by atoms with Gasteiger partial charge in [-0.1, -0.05) is 6.07 Å². The molecular formula is C20H24N4O. The molecule has 0 spiro atoms. The van der Waals surface area contributed by atoms with E-state index in [9.17, 15) is 0 Å². The first-order valence-corrected chi connectivity index (χ1v) is 8.89. The summed E-state index contributed by atoms with van der Waals surface area (Å²) in [7, 11) is 0. The molecule has 0 aliphatic carbocycles. The van der Waals surface area contributed by atoms with Crippen molar-refractivity contribution in [1.82, 2.24) is 19.3 Å². The molecule has 0 radical (unpaired) electrons. The van der Waals surface area contributed by atoms with E-state index in [1.165, 1.54) is 16.6 Å². The molecule has 1 aliphatic rings. The van der Waals surface area contributed by atoms with E-state index in [0.29, 0.717) is 5.92 Å². The Morgan fingerprint density at radius 3 is 3.16 bits per heavy atom. The van der Waals surface area contributed by atoms with Gasteiger partial charge in [0, 0.05) is 56.5 Å². The first-order valence-electron chi connectivity index (χ1n) is 8.89. The van der Waals surface area contributed by atoms with Gasteiger partial charge in [-0.3, -0.25) is 14.9 Å². The van der Waals surface area contributed by atoms with Crippen LogP contribution in [0.1, 0.15) is 16.8 Å². The van der Waals surface area contributed by atoms with Crippen molar-refractivity contribution < 1.29 is 4.74 Å². The van der Waals surface area contributed by atoms with E-state index in [1.54, 1.807) is 0 Å². The molecule has 130 valence electrons. The van der Waals surface area contributed by atoms with Crippen molar-refractivity contribution in [2.24, 2.45) is 5.92 Å². The standard InChI is InChI=1S/C20H24N4O/c1-16-9-17(12-21-11-16)13-23-7-8-25-15-18(14-23)10-19-20-3-2-5-24(20)6-4-22-19/h2-6,9,11-12,18H,7-8,10,13-15H2,1H3/t18-/m1/s1. The minimum absolute atomic E-state index is 0.453. The topological polar surface area (TPSA) is 42.7 Å². The second-order valence-corrected chi connectivity index (χ2v) is 6.93. The quantitative estimate of drug-likeness (QED) is 0.735. The normalized spacial score (nSPS) is 19.2. The molecule has 1 aliphatic heterocycles. The fourth-order valence-corrected chi connectivity index (χ4v) is 3.64. The number of hydrogen-bond acceptors (Lipinski definition) is 4. The van der Waals surface area contributed by atoms with Crippen LogP contribution in [0.5, 0.6) is 0 Å². The molecule has 1 fully saturated rings. The number of hydrogen-bond donors (Lipinski definition) is 0. The van der Waals surface area contributed by atoms with Crippen LogP contribution >= 0.6 is 0 Å². The van der Waals surface area contributed by atoms with Crippen LogP contribution in [0.4, 0.5) is 0 Å². The molecule has 5 heteroatoms. The SMILES string of the molecule is Cc1cncc(CN2CCOC[C@H](Cc3nccn4cccc34)C2)c1. The molecule has 0 saturated carbocycles. The van der Waals surface area contributed by atoms with E-state index in [0.717, 1.165) is 45.0 Å². The van der Waals surface area contributed by atoms with E-state index in [1.807, 2.05) is 24.8 Å². The van der Waals surface area contributed by atoms with E-state index >= 15 is 0 Å². The zero-order valence-corrected chi connectivity index (χ0v) is 14.6. The predicted molar refractivity (Wildman–Crippen MR) is 97.5 cm³/mol. The van der Waals surface area contributed by atoms with Gasteiger partial charge >= 0.3 is 0 Å². The summed E-state index contributed by atoms with van der Waals surface area (Å²) in [6.07, 6.45) is 10.8. The first-order chi connectivity index (χ1) is 12.3. The molecule has 3 aromatic rings. The van der Waals surface area contributed by atoms with Crippen LogP contribution in [0.3, 0.4) is 0 Å². The molecular weight excluding hydrogens is 312 g/mol. The van der Waals surface area contributed by atoms with Gasteiger partial charge in [0.25, 0.3) is 0 Å². The number of ether oxygens (including phenoxy) is 1. The summed E-state index contributed by atoms with van der Waals surface area (Å²) in [5, 5.41) is 0. The zero-order valence-electron chi connectivity index (χ0n) is 14.6. The average Bonchev–Trinajstić information content (AvgIpc) is 2.98. The molecule has 0 aromatic carbocycles. The van der Waals surface area contributed by atoms with Crippen molar-refractivity contribution in [1.29, 1.82) is 0 Å². The summed E-state index contributed by atoms with van der Waals surface area (Å²) in [4.78, 5) is 11.4. The number of aryl methyl sites for hydroxylation is 1. The Labute approximate surface area is 148 Å². The van der Waals surface area contributed by atoms with Crippen LogP contribution in [-0.4, -0.2) is 45.6 Å². The largest absolute Gasteiger partial charge is 0.380 e. The highest BCUT2D eigenvalue weighted by Crippen LogP contribution is 2.18. The van der Waals surface area contributed by atoms with Crippen LogP contribution < -0.4 is 0 Å². The highest BCUT2D eigenvalue weighted by molar-refractivity contribution is 5.52. The van der Waals surface area contributed by atoms with Crippen LogP contribution in [0, 0.1) is 12.8 Å². The summed E-state index contributed by atoms with van der Waals surface area (Å²) in [6.45, 7) is 6.60. The lowest BCUT2D eigenvalue weighted by molar-refractivity contribution is 0.121. The van der Waals surface area contributed by atoms with Crippen molar-refractivity contribution in [3.63, 3.8) is 0 Å². The van der Waals surface area contributed by atoms with Gasteiger partial charge in [-0.2, -0.15) is 0 Å². The first kappa shape index (κ1) is 16.2. The minimum Gasteiger partial charge on any atom is -0.380 e. The fraction of sp³-hybridized carbons (Fsp3) is 0.400. The molecule has 1 atom stereocenters. The van der Waals surface area contributed by atoms with Crippen LogP contribution in [0.25, 0.3) is 5.52 Å². The molecule has 1 saturated heterocycles. The highest BCUT2D eigenvalue weighted by atomic mass is 16.5. The van der Waals surface area contributed by atoms with Gasteiger partial charge in [-0.15, -0.1) is 0 Å². The Morgan fingerprint density at radius 1 is 1.28 bits per heavy atom.